The Morgan fingerprint density at radius 1 is 1.24 bits per heavy atom. The first-order chi connectivity index (χ1) is 11.0. The van der Waals surface area contributed by atoms with E-state index in [4.69, 9.17) is 5.73 Å². The van der Waals surface area contributed by atoms with Crippen molar-refractivity contribution < 1.29 is 4.79 Å². The normalized spacial score (nSPS) is 15.8. The van der Waals surface area contributed by atoms with Crippen molar-refractivity contribution in [3.63, 3.8) is 0 Å². The van der Waals surface area contributed by atoms with E-state index in [1.807, 2.05) is 14.0 Å². The molecule has 2 rings (SSSR count). The fourth-order valence-electron chi connectivity index (χ4n) is 2.89. The molecule has 1 saturated heterocycles. The third-order valence-electron chi connectivity index (χ3n) is 4.78. The number of piperazine rings is 1. The lowest BCUT2D eigenvalue weighted by atomic mass is 10.2. The van der Waals surface area contributed by atoms with Gasteiger partial charge in [-0.25, -0.2) is 0 Å². The average molecular weight is 391 g/mol. The number of benzene rings is 1. The molecule has 0 aromatic heterocycles. The minimum absolute atomic E-state index is 0. The summed E-state index contributed by atoms with van der Waals surface area (Å²) < 4.78 is 0. The maximum Gasteiger partial charge on any atom is 0.223 e. The van der Waals surface area contributed by atoms with Gasteiger partial charge in [0, 0.05) is 64.5 Å². The van der Waals surface area contributed by atoms with Crippen LogP contribution in [0.5, 0.6) is 0 Å². The predicted molar refractivity (Wildman–Crippen MR) is 110 cm³/mol. The summed E-state index contributed by atoms with van der Waals surface area (Å²) in [5, 5.41) is 0. The van der Waals surface area contributed by atoms with Crippen LogP contribution >= 0.6 is 24.8 Å². The third-order valence-corrected chi connectivity index (χ3v) is 4.78. The molecule has 1 unspecified atom stereocenters. The van der Waals surface area contributed by atoms with Gasteiger partial charge in [-0.1, -0.05) is 12.1 Å². The van der Waals surface area contributed by atoms with Crippen molar-refractivity contribution in [2.45, 2.75) is 26.3 Å². The first-order valence-electron chi connectivity index (χ1n) is 8.51. The second-order valence-electron chi connectivity index (χ2n) is 6.51. The molecule has 0 saturated carbocycles. The minimum atomic E-state index is 0. The molecule has 0 aliphatic carbocycles. The highest BCUT2D eigenvalue weighted by atomic mass is 35.5. The molecule has 7 heteroatoms. The summed E-state index contributed by atoms with van der Waals surface area (Å²) >= 11 is 0. The van der Waals surface area contributed by atoms with Crippen molar-refractivity contribution in [1.29, 1.82) is 0 Å². The number of rotatable bonds is 6. The van der Waals surface area contributed by atoms with E-state index in [0.29, 0.717) is 13.0 Å². The number of halogens is 2. The Bertz CT molecular complexity index is 522. The molecule has 1 aromatic rings. The van der Waals surface area contributed by atoms with Crippen molar-refractivity contribution in [2.24, 2.45) is 5.73 Å². The van der Waals surface area contributed by atoms with Gasteiger partial charge in [-0.15, -0.1) is 24.8 Å². The molecule has 0 bridgehead atoms. The highest BCUT2D eigenvalue weighted by Gasteiger charge is 2.19. The van der Waals surface area contributed by atoms with E-state index >= 15 is 0 Å². The van der Waals surface area contributed by atoms with Crippen LogP contribution < -0.4 is 10.6 Å². The minimum Gasteiger partial charge on any atom is -0.369 e. The lowest BCUT2D eigenvalue weighted by Crippen LogP contribution is -2.48. The summed E-state index contributed by atoms with van der Waals surface area (Å²) in [5.41, 5.74) is 8.22. The fraction of sp³-hybridized carbons (Fsp3) is 0.611. The third kappa shape index (κ3) is 7.02. The van der Waals surface area contributed by atoms with Crippen LogP contribution in [-0.4, -0.2) is 68.1 Å². The highest BCUT2D eigenvalue weighted by molar-refractivity contribution is 5.85. The largest absolute Gasteiger partial charge is 0.369 e. The molecule has 1 aromatic carbocycles. The number of amides is 1. The van der Waals surface area contributed by atoms with Crippen molar-refractivity contribution >= 4 is 36.4 Å². The Balaban J connectivity index is 0.00000288. The van der Waals surface area contributed by atoms with E-state index in [9.17, 15) is 4.79 Å². The molecule has 1 amide bonds. The smallest absolute Gasteiger partial charge is 0.223 e. The van der Waals surface area contributed by atoms with E-state index in [2.05, 4.69) is 41.0 Å². The zero-order valence-electron chi connectivity index (χ0n) is 15.5. The molecule has 25 heavy (non-hydrogen) atoms. The van der Waals surface area contributed by atoms with Crippen molar-refractivity contribution in [3.05, 3.63) is 29.8 Å². The molecule has 1 atom stereocenters. The van der Waals surface area contributed by atoms with Crippen LogP contribution in [-0.2, 0) is 4.79 Å². The lowest BCUT2D eigenvalue weighted by Gasteiger charge is -2.36. The van der Waals surface area contributed by atoms with E-state index in [0.717, 1.165) is 32.7 Å². The van der Waals surface area contributed by atoms with E-state index in [-0.39, 0.29) is 36.8 Å². The maximum atomic E-state index is 12.1. The number of likely N-dealkylation sites (N-methyl/N-ethyl adjacent to an activating group) is 1. The first kappa shape index (κ1) is 24.0. The quantitative estimate of drug-likeness (QED) is 0.808. The average Bonchev–Trinajstić information content (AvgIpc) is 2.58. The van der Waals surface area contributed by atoms with Gasteiger partial charge in [0.2, 0.25) is 5.91 Å². The Kier molecular flexibility index (Phi) is 11.1. The predicted octanol–water partition coefficient (Wildman–Crippen LogP) is 2.16. The molecule has 2 N–H and O–H groups in total. The van der Waals surface area contributed by atoms with Gasteiger partial charge >= 0.3 is 0 Å². The molecular weight excluding hydrogens is 359 g/mol. The van der Waals surface area contributed by atoms with Gasteiger partial charge in [-0.3, -0.25) is 9.69 Å². The van der Waals surface area contributed by atoms with Gasteiger partial charge in [0.1, 0.15) is 0 Å². The number of anilines is 1. The summed E-state index contributed by atoms with van der Waals surface area (Å²) in [5.74, 6) is 0.184. The zero-order chi connectivity index (χ0) is 16.8. The van der Waals surface area contributed by atoms with Crippen molar-refractivity contribution in [3.8, 4) is 0 Å². The number of carbonyl (C=O) groups excluding carboxylic acids is 1. The maximum absolute atomic E-state index is 12.1. The second-order valence-corrected chi connectivity index (χ2v) is 6.51. The van der Waals surface area contributed by atoms with E-state index < -0.39 is 0 Å². The molecule has 1 aliphatic heterocycles. The summed E-state index contributed by atoms with van der Waals surface area (Å²) in [4.78, 5) is 18.7. The summed E-state index contributed by atoms with van der Waals surface area (Å²) in [6.07, 6.45) is 0.575. The number of hydrogen-bond donors (Lipinski definition) is 1. The Morgan fingerprint density at radius 3 is 2.44 bits per heavy atom. The number of carbonyl (C=O) groups is 1. The SMILES string of the molecule is Cc1cccc(N2CCN(CCC(=O)N(C)C(C)CN)CC2)c1.Cl.Cl. The number of nitrogens with two attached hydrogens (primary N) is 1. The monoisotopic (exact) mass is 390 g/mol. The van der Waals surface area contributed by atoms with Crippen LogP contribution in [0.2, 0.25) is 0 Å². The summed E-state index contributed by atoms with van der Waals surface area (Å²) in [7, 11) is 1.84. The Labute approximate surface area is 164 Å². The highest BCUT2D eigenvalue weighted by Crippen LogP contribution is 2.17. The molecule has 0 radical (unpaired) electrons. The number of hydrogen-bond acceptors (Lipinski definition) is 4. The van der Waals surface area contributed by atoms with Gasteiger partial charge < -0.3 is 15.5 Å². The summed E-state index contributed by atoms with van der Waals surface area (Å²) in [6.45, 7) is 9.52. The van der Waals surface area contributed by atoms with Gasteiger partial charge in [-0.05, 0) is 31.5 Å². The van der Waals surface area contributed by atoms with E-state index in [1.54, 1.807) is 4.90 Å². The van der Waals surface area contributed by atoms with Crippen LogP contribution in [0.15, 0.2) is 24.3 Å². The Hall–Kier alpha value is -1.01. The standard InChI is InChI=1S/C18H30N4O.2ClH/c1-15-5-4-6-17(13-15)22-11-9-21(10-12-22)8-7-18(23)20(3)16(2)14-19;;/h4-6,13,16H,7-12,14,19H2,1-3H3;2*1H. The molecule has 5 nitrogen and oxygen atoms in total. The molecule has 1 heterocycles. The second kappa shape index (κ2) is 11.6. The molecule has 144 valence electrons. The van der Waals surface area contributed by atoms with Crippen LogP contribution in [0.4, 0.5) is 5.69 Å². The molecular formula is C18H32Cl2N4O. The Morgan fingerprint density at radius 2 is 1.88 bits per heavy atom. The van der Waals surface area contributed by atoms with Crippen LogP contribution in [0, 0.1) is 6.92 Å². The number of aryl methyl sites for hydroxylation is 1. The van der Waals surface area contributed by atoms with E-state index in [1.165, 1.54) is 11.3 Å². The van der Waals surface area contributed by atoms with Crippen LogP contribution in [0.1, 0.15) is 18.9 Å². The lowest BCUT2D eigenvalue weighted by molar-refractivity contribution is -0.131. The van der Waals surface area contributed by atoms with Gasteiger partial charge in [0.15, 0.2) is 0 Å². The van der Waals surface area contributed by atoms with Crippen LogP contribution in [0.25, 0.3) is 0 Å². The van der Waals surface area contributed by atoms with Gasteiger partial charge in [0.05, 0.1) is 0 Å². The van der Waals surface area contributed by atoms with Crippen LogP contribution in [0.3, 0.4) is 0 Å². The fourth-order valence-corrected chi connectivity index (χ4v) is 2.89. The van der Waals surface area contributed by atoms with Gasteiger partial charge in [-0.2, -0.15) is 0 Å². The molecule has 1 aliphatic rings. The zero-order valence-corrected chi connectivity index (χ0v) is 17.1. The van der Waals surface area contributed by atoms with Crippen molar-refractivity contribution in [1.82, 2.24) is 9.80 Å². The topological polar surface area (TPSA) is 52.8 Å². The van der Waals surface area contributed by atoms with Crippen molar-refractivity contribution in [2.75, 3.05) is 51.2 Å². The first-order valence-corrected chi connectivity index (χ1v) is 8.51. The molecule has 0 spiro atoms. The summed E-state index contributed by atoms with van der Waals surface area (Å²) in [6, 6.07) is 8.77. The van der Waals surface area contributed by atoms with Gasteiger partial charge in [0.25, 0.3) is 0 Å². The number of nitrogens with zero attached hydrogens (tertiary/aromatic N) is 3. The molecule has 1 fully saturated rings.